The van der Waals surface area contributed by atoms with Crippen LogP contribution in [0.4, 0.5) is 0 Å². The summed E-state index contributed by atoms with van der Waals surface area (Å²) in [4.78, 5) is 43.2. The van der Waals surface area contributed by atoms with Gasteiger partial charge >= 0.3 is 5.69 Å². The fourth-order valence-corrected chi connectivity index (χ4v) is 3.53. The van der Waals surface area contributed by atoms with Gasteiger partial charge < -0.3 is 4.74 Å². The van der Waals surface area contributed by atoms with E-state index in [0.717, 1.165) is 19.3 Å². The standard InChI is InChI=1S/C16H17N3O4/c20-12-5-1-4-10-11(12)7-17-14-13(10)15(21)18-16(22)19(14)8-9-3-2-6-23-9/h7,9H,1-6,8H2,(H,18,21,22)/t9-/m1/s1. The zero-order valence-corrected chi connectivity index (χ0v) is 12.6. The topological polar surface area (TPSA) is 94.0 Å². The minimum Gasteiger partial charge on any atom is -0.376 e. The molecule has 0 spiro atoms. The lowest BCUT2D eigenvalue weighted by molar-refractivity contribution is 0.0963. The molecule has 4 rings (SSSR count). The Balaban J connectivity index is 1.95. The third kappa shape index (κ3) is 2.31. The Morgan fingerprint density at radius 2 is 2.13 bits per heavy atom. The zero-order chi connectivity index (χ0) is 16.0. The van der Waals surface area contributed by atoms with E-state index in [4.69, 9.17) is 4.74 Å². The molecule has 2 aromatic heterocycles. The van der Waals surface area contributed by atoms with Gasteiger partial charge in [0.05, 0.1) is 18.0 Å². The van der Waals surface area contributed by atoms with Crippen molar-refractivity contribution >= 4 is 16.8 Å². The number of carbonyl (C=O) groups is 1. The molecular formula is C16H17N3O4. The third-order valence-corrected chi connectivity index (χ3v) is 4.66. The summed E-state index contributed by atoms with van der Waals surface area (Å²) in [5, 5.41) is 0.369. The average molecular weight is 315 g/mol. The number of aromatic amines is 1. The van der Waals surface area contributed by atoms with Crippen LogP contribution in [-0.2, 0) is 17.7 Å². The van der Waals surface area contributed by atoms with Crippen LogP contribution in [0.15, 0.2) is 15.8 Å². The molecule has 2 aliphatic rings. The minimum atomic E-state index is -0.479. The number of ketones is 1. The number of ether oxygens (including phenoxy) is 1. The zero-order valence-electron chi connectivity index (χ0n) is 12.6. The Kier molecular flexibility index (Phi) is 3.37. The lowest BCUT2D eigenvalue weighted by Crippen LogP contribution is -2.35. The Morgan fingerprint density at radius 1 is 1.26 bits per heavy atom. The highest BCUT2D eigenvalue weighted by molar-refractivity contribution is 6.01. The molecule has 2 aromatic rings. The van der Waals surface area contributed by atoms with Crippen LogP contribution in [0.1, 0.15) is 41.6 Å². The van der Waals surface area contributed by atoms with E-state index < -0.39 is 11.2 Å². The number of hydrogen-bond acceptors (Lipinski definition) is 5. The number of rotatable bonds is 2. The van der Waals surface area contributed by atoms with E-state index in [1.54, 1.807) is 0 Å². The average Bonchev–Trinajstić information content (AvgIpc) is 3.04. The van der Waals surface area contributed by atoms with Gasteiger partial charge in [0.25, 0.3) is 5.56 Å². The van der Waals surface area contributed by atoms with Crippen LogP contribution in [-0.4, -0.2) is 33.0 Å². The summed E-state index contributed by atoms with van der Waals surface area (Å²) < 4.78 is 7.05. The first-order valence-electron chi connectivity index (χ1n) is 7.94. The Labute approximate surface area is 131 Å². The Hall–Kier alpha value is -2.28. The van der Waals surface area contributed by atoms with Gasteiger partial charge in [-0.15, -0.1) is 0 Å². The second kappa shape index (κ2) is 5.42. The van der Waals surface area contributed by atoms with Crippen molar-refractivity contribution in [3.8, 4) is 0 Å². The third-order valence-electron chi connectivity index (χ3n) is 4.66. The number of fused-ring (bicyclic) bond motifs is 3. The molecule has 0 aromatic carbocycles. The second-order valence-electron chi connectivity index (χ2n) is 6.13. The van der Waals surface area contributed by atoms with E-state index >= 15 is 0 Å². The van der Waals surface area contributed by atoms with Gasteiger partial charge in [0, 0.05) is 24.8 Å². The number of aryl methyl sites for hydroxylation is 1. The van der Waals surface area contributed by atoms with Crippen LogP contribution in [0.25, 0.3) is 11.0 Å². The molecule has 0 amide bonds. The summed E-state index contributed by atoms with van der Waals surface area (Å²) in [5.41, 5.74) is 0.632. The largest absolute Gasteiger partial charge is 0.376 e. The van der Waals surface area contributed by atoms with Gasteiger partial charge in [0.15, 0.2) is 5.78 Å². The second-order valence-corrected chi connectivity index (χ2v) is 6.13. The van der Waals surface area contributed by atoms with Gasteiger partial charge in [-0.05, 0) is 31.2 Å². The highest BCUT2D eigenvalue weighted by atomic mass is 16.5. The quantitative estimate of drug-likeness (QED) is 0.884. The van der Waals surface area contributed by atoms with Gasteiger partial charge in [-0.1, -0.05) is 0 Å². The van der Waals surface area contributed by atoms with Crippen molar-refractivity contribution in [1.82, 2.24) is 14.5 Å². The molecule has 120 valence electrons. The van der Waals surface area contributed by atoms with Gasteiger partial charge in [0.2, 0.25) is 0 Å². The number of nitrogens with zero attached hydrogens (tertiary/aromatic N) is 2. The maximum Gasteiger partial charge on any atom is 0.330 e. The van der Waals surface area contributed by atoms with Crippen LogP contribution < -0.4 is 11.2 Å². The van der Waals surface area contributed by atoms with Gasteiger partial charge in [0.1, 0.15) is 5.65 Å². The smallest absolute Gasteiger partial charge is 0.330 e. The maximum atomic E-state index is 12.3. The predicted molar refractivity (Wildman–Crippen MR) is 82.9 cm³/mol. The number of carbonyl (C=O) groups excluding carboxylic acids is 1. The van der Waals surface area contributed by atoms with E-state index in [1.165, 1.54) is 10.8 Å². The number of Topliss-reactive ketones (excluding diaryl/α,β-unsaturated/α-hetero) is 1. The molecule has 0 unspecified atom stereocenters. The fraction of sp³-hybridized carbons (Fsp3) is 0.500. The van der Waals surface area contributed by atoms with Crippen LogP contribution >= 0.6 is 0 Å². The molecule has 1 N–H and O–H groups in total. The molecule has 0 bridgehead atoms. The molecule has 1 atom stereocenters. The van der Waals surface area contributed by atoms with Crippen LogP contribution in [0.2, 0.25) is 0 Å². The number of aromatic nitrogens is 3. The summed E-state index contributed by atoms with van der Waals surface area (Å²) in [6, 6.07) is 0. The molecule has 7 heteroatoms. The highest BCUT2D eigenvalue weighted by Crippen LogP contribution is 2.25. The molecular weight excluding hydrogens is 298 g/mol. The molecule has 1 aliphatic carbocycles. The monoisotopic (exact) mass is 315 g/mol. The number of pyridine rings is 1. The van der Waals surface area contributed by atoms with Gasteiger partial charge in [-0.25, -0.2) is 9.78 Å². The highest BCUT2D eigenvalue weighted by Gasteiger charge is 2.24. The molecule has 0 saturated carbocycles. The summed E-state index contributed by atoms with van der Waals surface area (Å²) in [6.07, 6.45) is 5.17. The molecule has 1 fully saturated rings. The lowest BCUT2D eigenvalue weighted by Gasteiger charge is -2.18. The van der Waals surface area contributed by atoms with Crippen molar-refractivity contribution in [2.45, 2.75) is 44.8 Å². The summed E-state index contributed by atoms with van der Waals surface area (Å²) in [6.45, 7) is 1.06. The van der Waals surface area contributed by atoms with E-state index in [2.05, 4.69) is 9.97 Å². The minimum absolute atomic E-state index is 0.0110. The maximum absolute atomic E-state index is 12.3. The number of H-pyrrole nitrogens is 1. The van der Waals surface area contributed by atoms with Crippen LogP contribution in [0.3, 0.4) is 0 Å². The first-order chi connectivity index (χ1) is 11.1. The molecule has 3 heterocycles. The molecule has 1 saturated heterocycles. The van der Waals surface area contributed by atoms with Crippen molar-refractivity contribution in [1.29, 1.82) is 0 Å². The van der Waals surface area contributed by atoms with Crippen LogP contribution in [0, 0.1) is 0 Å². The van der Waals surface area contributed by atoms with Crippen molar-refractivity contribution in [3.63, 3.8) is 0 Å². The predicted octanol–water partition coefficient (Wildman–Crippen LogP) is 0.783. The van der Waals surface area contributed by atoms with E-state index in [0.29, 0.717) is 48.2 Å². The summed E-state index contributed by atoms with van der Waals surface area (Å²) >= 11 is 0. The summed E-state index contributed by atoms with van der Waals surface area (Å²) in [7, 11) is 0. The molecule has 23 heavy (non-hydrogen) atoms. The van der Waals surface area contributed by atoms with Gasteiger partial charge in [-0.3, -0.25) is 19.1 Å². The molecule has 0 radical (unpaired) electrons. The lowest BCUT2D eigenvalue weighted by atomic mass is 9.90. The molecule has 7 nitrogen and oxygen atoms in total. The number of hydrogen-bond donors (Lipinski definition) is 1. The Morgan fingerprint density at radius 3 is 2.91 bits per heavy atom. The summed E-state index contributed by atoms with van der Waals surface area (Å²) in [5.74, 6) is 0.0110. The SMILES string of the molecule is O=C1CCCc2c1cnc1c2c(=O)[nH]c(=O)n1C[C@H]1CCCO1. The first kappa shape index (κ1) is 14.3. The normalized spacial score (nSPS) is 20.9. The fourth-order valence-electron chi connectivity index (χ4n) is 3.53. The van der Waals surface area contributed by atoms with Crippen LogP contribution in [0.5, 0.6) is 0 Å². The van der Waals surface area contributed by atoms with Gasteiger partial charge in [-0.2, -0.15) is 0 Å². The van der Waals surface area contributed by atoms with Crippen molar-refractivity contribution in [3.05, 3.63) is 38.2 Å². The van der Waals surface area contributed by atoms with Crippen molar-refractivity contribution < 1.29 is 9.53 Å². The van der Waals surface area contributed by atoms with E-state index in [-0.39, 0.29) is 11.9 Å². The van der Waals surface area contributed by atoms with E-state index in [9.17, 15) is 14.4 Å². The number of nitrogens with one attached hydrogen (secondary N) is 1. The van der Waals surface area contributed by atoms with Crippen molar-refractivity contribution in [2.24, 2.45) is 0 Å². The van der Waals surface area contributed by atoms with E-state index in [1.807, 2.05) is 0 Å². The Bertz CT molecular complexity index is 906. The first-order valence-corrected chi connectivity index (χ1v) is 7.94. The van der Waals surface area contributed by atoms with Crippen molar-refractivity contribution in [2.75, 3.05) is 6.61 Å². The molecule has 1 aliphatic heterocycles.